The molecule has 0 radical (unpaired) electrons. The zero-order valence-electron chi connectivity index (χ0n) is 8.69. The maximum atomic E-state index is 10.3. The van der Waals surface area contributed by atoms with E-state index in [1.165, 1.54) is 4.90 Å². The molecule has 0 spiro atoms. The van der Waals surface area contributed by atoms with E-state index in [4.69, 9.17) is 5.11 Å². The first-order chi connectivity index (χ1) is 7.22. The highest BCUT2D eigenvalue weighted by atomic mass is 32.2. The number of nitrogens with one attached hydrogen (secondary N) is 1. The Labute approximate surface area is 93.9 Å². The number of thioether (sulfide) groups is 1. The molecule has 1 rings (SSSR count). The second-order valence-corrected chi connectivity index (χ2v) is 4.41. The van der Waals surface area contributed by atoms with Crippen LogP contribution in [0.3, 0.4) is 0 Å². The monoisotopic (exact) mass is 225 g/mol. The molecule has 0 atom stereocenters. The molecule has 1 aromatic carbocycles. The normalized spacial score (nSPS) is 10.2. The molecule has 0 fully saturated rings. The summed E-state index contributed by atoms with van der Waals surface area (Å²) in [5.41, 5.74) is 1.11. The van der Waals surface area contributed by atoms with Gasteiger partial charge in [0.15, 0.2) is 0 Å². The van der Waals surface area contributed by atoms with E-state index < -0.39 is 5.97 Å². The maximum absolute atomic E-state index is 10.3. The third kappa shape index (κ3) is 4.85. The topological polar surface area (TPSA) is 49.3 Å². The van der Waals surface area contributed by atoms with Gasteiger partial charge in [0.25, 0.3) is 0 Å². The molecule has 0 saturated heterocycles. The first-order valence-electron chi connectivity index (χ1n) is 4.86. The molecule has 82 valence electrons. The fourth-order valence-electron chi connectivity index (χ4n) is 1.18. The molecule has 15 heavy (non-hydrogen) atoms. The Kier molecular flexibility index (Phi) is 5.21. The Hall–Kier alpha value is -1.00. The Morgan fingerprint density at radius 2 is 2.07 bits per heavy atom. The summed E-state index contributed by atoms with van der Waals surface area (Å²) in [6, 6.07) is 8.16. The highest BCUT2D eigenvalue weighted by molar-refractivity contribution is 7.99. The summed E-state index contributed by atoms with van der Waals surface area (Å²) in [4.78, 5) is 11.5. The smallest absolute Gasteiger partial charge is 0.317 e. The molecule has 2 N–H and O–H groups in total. The summed E-state index contributed by atoms with van der Waals surface area (Å²) in [5.74, 6) is 0.240. The number of aliphatic carboxylic acids is 1. The first kappa shape index (κ1) is 12.1. The quantitative estimate of drug-likeness (QED) is 0.727. The highest BCUT2D eigenvalue weighted by Crippen LogP contribution is 2.17. The standard InChI is InChI=1S/C11H15NO2S/c1-2-15-10-5-3-9(4-6-10)7-12-8-11(13)14/h3-6,12H,2,7-8H2,1H3,(H,13,14). The van der Waals surface area contributed by atoms with Crippen LogP contribution < -0.4 is 5.32 Å². The van der Waals surface area contributed by atoms with Crippen molar-refractivity contribution in [1.82, 2.24) is 5.32 Å². The van der Waals surface area contributed by atoms with Crippen LogP contribution in [-0.2, 0) is 11.3 Å². The highest BCUT2D eigenvalue weighted by Gasteiger charge is 1.97. The summed E-state index contributed by atoms with van der Waals surface area (Å²) >= 11 is 1.80. The summed E-state index contributed by atoms with van der Waals surface area (Å²) < 4.78 is 0. The molecule has 0 aromatic heterocycles. The van der Waals surface area contributed by atoms with Crippen LogP contribution in [0, 0.1) is 0 Å². The van der Waals surface area contributed by atoms with Gasteiger partial charge >= 0.3 is 5.97 Å². The minimum Gasteiger partial charge on any atom is -0.480 e. The van der Waals surface area contributed by atoms with Crippen molar-refractivity contribution in [3.05, 3.63) is 29.8 Å². The average molecular weight is 225 g/mol. The van der Waals surface area contributed by atoms with Crippen LogP contribution in [0.2, 0.25) is 0 Å². The lowest BCUT2D eigenvalue weighted by Crippen LogP contribution is -2.21. The molecular formula is C11H15NO2S. The number of hydrogen-bond acceptors (Lipinski definition) is 3. The molecule has 0 heterocycles. The van der Waals surface area contributed by atoms with Crippen LogP contribution in [0.4, 0.5) is 0 Å². The van der Waals surface area contributed by atoms with Gasteiger partial charge in [-0.2, -0.15) is 0 Å². The Bertz CT molecular complexity index is 311. The predicted octanol–water partition coefficient (Wildman–Crippen LogP) is 1.97. The van der Waals surface area contributed by atoms with Gasteiger partial charge in [-0.05, 0) is 23.4 Å². The van der Waals surface area contributed by atoms with Crippen molar-refractivity contribution >= 4 is 17.7 Å². The second kappa shape index (κ2) is 6.48. The van der Waals surface area contributed by atoms with Gasteiger partial charge in [0, 0.05) is 11.4 Å². The molecule has 0 unspecified atom stereocenters. The van der Waals surface area contributed by atoms with Crippen molar-refractivity contribution in [2.24, 2.45) is 0 Å². The van der Waals surface area contributed by atoms with Crippen LogP contribution in [0.25, 0.3) is 0 Å². The maximum Gasteiger partial charge on any atom is 0.317 e. The minimum atomic E-state index is -0.826. The molecule has 1 aromatic rings. The number of rotatable bonds is 6. The Morgan fingerprint density at radius 1 is 1.40 bits per heavy atom. The number of carboxylic acids is 1. The van der Waals surface area contributed by atoms with E-state index in [0.717, 1.165) is 11.3 Å². The predicted molar refractivity (Wildman–Crippen MR) is 62.2 cm³/mol. The van der Waals surface area contributed by atoms with E-state index in [9.17, 15) is 4.79 Å². The minimum absolute atomic E-state index is 0.00542. The van der Waals surface area contributed by atoms with Gasteiger partial charge in [-0.25, -0.2) is 0 Å². The van der Waals surface area contributed by atoms with Gasteiger partial charge in [-0.3, -0.25) is 4.79 Å². The summed E-state index contributed by atoms with van der Waals surface area (Å²) in [6.45, 7) is 2.72. The summed E-state index contributed by atoms with van der Waals surface area (Å²) in [7, 11) is 0. The number of hydrogen-bond donors (Lipinski definition) is 2. The van der Waals surface area contributed by atoms with Gasteiger partial charge in [-0.1, -0.05) is 19.1 Å². The van der Waals surface area contributed by atoms with Gasteiger partial charge in [0.2, 0.25) is 0 Å². The first-order valence-corrected chi connectivity index (χ1v) is 5.85. The van der Waals surface area contributed by atoms with Crippen molar-refractivity contribution < 1.29 is 9.90 Å². The van der Waals surface area contributed by atoms with Crippen molar-refractivity contribution in [3.8, 4) is 0 Å². The Balaban J connectivity index is 2.39. The van der Waals surface area contributed by atoms with Crippen LogP contribution in [0.5, 0.6) is 0 Å². The van der Waals surface area contributed by atoms with Crippen molar-refractivity contribution in [2.45, 2.75) is 18.4 Å². The molecule has 3 nitrogen and oxygen atoms in total. The third-order valence-corrected chi connectivity index (χ3v) is 2.73. The number of benzene rings is 1. The van der Waals surface area contributed by atoms with Crippen molar-refractivity contribution in [1.29, 1.82) is 0 Å². The van der Waals surface area contributed by atoms with Crippen LogP contribution >= 0.6 is 11.8 Å². The van der Waals surface area contributed by atoms with Crippen LogP contribution in [0.1, 0.15) is 12.5 Å². The average Bonchev–Trinajstić information content (AvgIpc) is 2.20. The van der Waals surface area contributed by atoms with E-state index in [0.29, 0.717) is 6.54 Å². The third-order valence-electron chi connectivity index (χ3n) is 1.84. The molecule has 4 heteroatoms. The second-order valence-electron chi connectivity index (χ2n) is 3.07. The van der Waals surface area contributed by atoms with Crippen LogP contribution in [-0.4, -0.2) is 23.4 Å². The van der Waals surface area contributed by atoms with Gasteiger partial charge in [0.05, 0.1) is 6.54 Å². The largest absolute Gasteiger partial charge is 0.480 e. The van der Waals surface area contributed by atoms with Crippen molar-refractivity contribution in [2.75, 3.05) is 12.3 Å². The zero-order valence-corrected chi connectivity index (χ0v) is 9.51. The Morgan fingerprint density at radius 3 is 2.60 bits per heavy atom. The molecule has 0 aliphatic heterocycles. The molecule has 0 aliphatic carbocycles. The molecule has 0 bridgehead atoms. The molecule has 0 aliphatic rings. The molecule has 0 amide bonds. The lowest BCUT2D eigenvalue weighted by molar-refractivity contribution is -0.135. The van der Waals surface area contributed by atoms with E-state index in [-0.39, 0.29) is 6.54 Å². The molecular weight excluding hydrogens is 210 g/mol. The van der Waals surface area contributed by atoms with E-state index in [1.807, 2.05) is 12.1 Å². The van der Waals surface area contributed by atoms with E-state index in [1.54, 1.807) is 11.8 Å². The summed E-state index contributed by atoms with van der Waals surface area (Å²) in [5, 5.41) is 11.3. The lowest BCUT2D eigenvalue weighted by Gasteiger charge is -2.03. The fourth-order valence-corrected chi connectivity index (χ4v) is 1.85. The summed E-state index contributed by atoms with van der Waals surface area (Å²) in [6.07, 6.45) is 0. The lowest BCUT2D eigenvalue weighted by atomic mass is 10.2. The van der Waals surface area contributed by atoms with E-state index >= 15 is 0 Å². The number of carbonyl (C=O) groups is 1. The fraction of sp³-hybridized carbons (Fsp3) is 0.364. The van der Waals surface area contributed by atoms with E-state index in [2.05, 4.69) is 24.4 Å². The van der Waals surface area contributed by atoms with Gasteiger partial charge in [-0.15, -0.1) is 11.8 Å². The zero-order chi connectivity index (χ0) is 11.1. The SMILES string of the molecule is CCSc1ccc(CNCC(=O)O)cc1. The van der Waals surface area contributed by atoms with Crippen molar-refractivity contribution in [3.63, 3.8) is 0 Å². The van der Waals surface area contributed by atoms with Gasteiger partial charge < -0.3 is 10.4 Å². The molecule has 0 saturated carbocycles. The van der Waals surface area contributed by atoms with Crippen LogP contribution in [0.15, 0.2) is 29.2 Å². The number of carboxylic acid groups (broad SMARTS) is 1. The van der Waals surface area contributed by atoms with Gasteiger partial charge in [0.1, 0.15) is 0 Å².